The van der Waals surface area contributed by atoms with E-state index in [1.54, 1.807) is 4.90 Å². The second-order valence-corrected chi connectivity index (χ2v) is 6.08. The number of hydrogen-bond donors (Lipinski definition) is 2. The summed E-state index contributed by atoms with van der Waals surface area (Å²) < 4.78 is 5.42. The van der Waals surface area contributed by atoms with Crippen LogP contribution in [-0.4, -0.2) is 31.5 Å². The maximum Gasteiger partial charge on any atom is 0.265 e. The monoisotopic (exact) mass is 353 g/mol. The summed E-state index contributed by atoms with van der Waals surface area (Å²) in [6.07, 6.45) is 0.220. The Balaban J connectivity index is 1.58. The first-order valence-corrected chi connectivity index (χ1v) is 8.79. The van der Waals surface area contributed by atoms with Crippen LogP contribution in [0.4, 0.5) is 11.4 Å². The maximum atomic E-state index is 12.3. The van der Waals surface area contributed by atoms with E-state index in [4.69, 9.17) is 4.74 Å². The molecule has 0 saturated heterocycles. The number of benzene rings is 2. The minimum atomic E-state index is -0.135. The van der Waals surface area contributed by atoms with Gasteiger partial charge in [0, 0.05) is 25.2 Å². The number of rotatable bonds is 7. The molecule has 2 aromatic carbocycles. The van der Waals surface area contributed by atoms with E-state index in [9.17, 15) is 9.59 Å². The molecule has 0 aliphatic carbocycles. The Morgan fingerprint density at radius 1 is 1.19 bits per heavy atom. The Hall–Kier alpha value is -2.86. The number of carbonyl (C=O) groups is 2. The SMILES string of the molecule is CCNCc1cccc(NC(=O)CCN2C(=O)COc3ccccc32)c1. The lowest BCUT2D eigenvalue weighted by molar-refractivity contribution is -0.121. The highest BCUT2D eigenvalue weighted by atomic mass is 16.5. The highest BCUT2D eigenvalue weighted by Gasteiger charge is 2.25. The highest BCUT2D eigenvalue weighted by molar-refractivity contribution is 5.99. The van der Waals surface area contributed by atoms with E-state index in [1.807, 2.05) is 48.5 Å². The molecule has 0 radical (unpaired) electrons. The van der Waals surface area contributed by atoms with Gasteiger partial charge in [-0.3, -0.25) is 9.59 Å². The smallest absolute Gasteiger partial charge is 0.265 e. The number of hydrogen-bond acceptors (Lipinski definition) is 4. The molecule has 0 unspecified atom stereocenters. The van der Waals surface area contributed by atoms with Gasteiger partial charge in [0.2, 0.25) is 5.91 Å². The topological polar surface area (TPSA) is 70.7 Å². The summed E-state index contributed by atoms with van der Waals surface area (Å²) >= 11 is 0. The van der Waals surface area contributed by atoms with Gasteiger partial charge in [-0.25, -0.2) is 0 Å². The molecule has 0 aromatic heterocycles. The molecule has 0 bridgehead atoms. The van der Waals surface area contributed by atoms with Crippen LogP contribution in [0.2, 0.25) is 0 Å². The normalized spacial score (nSPS) is 13.1. The van der Waals surface area contributed by atoms with E-state index in [2.05, 4.69) is 17.6 Å². The average molecular weight is 353 g/mol. The Kier molecular flexibility index (Phi) is 5.86. The first-order chi connectivity index (χ1) is 12.7. The molecule has 1 heterocycles. The lowest BCUT2D eigenvalue weighted by Gasteiger charge is -2.29. The molecular weight excluding hydrogens is 330 g/mol. The molecule has 2 aromatic rings. The second kappa shape index (κ2) is 8.49. The summed E-state index contributed by atoms with van der Waals surface area (Å²) in [7, 11) is 0. The van der Waals surface area contributed by atoms with Gasteiger partial charge in [0.25, 0.3) is 5.91 Å². The molecule has 1 aliphatic rings. The van der Waals surface area contributed by atoms with Crippen molar-refractivity contribution < 1.29 is 14.3 Å². The largest absolute Gasteiger partial charge is 0.482 e. The van der Waals surface area contributed by atoms with E-state index in [0.29, 0.717) is 18.0 Å². The Bertz CT molecular complexity index is 791. The van der Waals surface area contributed by atoms with Gasteiger partial charge in [0.1, 0.15) is 5.75 Å². The fourth-order valence-electron chi connectivity index (χ4n) is 2.86. The third-order valence-electron chi connectivity index (χ3n) is 4.16. The summed E-state index contributed by atoms with van der Waals surface area (Å²) in [5.41, 5.74) is 2.59. The zero-order chi connectivity index (χ0) is 18.4. The molecule has 0 atom stereocenters. The number of carbonyl (C=O) groups excluding carboxylic acids is 2. The van der Waals surface area contributed by atoms with Crippen LogP contribution in [-0.2, 0) is 16.1 Å². The molecule has 6 nitrogen and oxygen atoms in total. The van der Waals surface area contributed by atoms with Crippen molar-refractivity contribution in [1.29, 1.82) is 0 Å². The van der Waals surface area contributed by atoms with Crippen molar-refractivity contribution >= 4 is 23.2 Å². The van der Waals surface area contributed by atoms with Crippen molar-refractivity contribution in [2.75, 3.05) is 29.9 Å². The van der Waals surface area contributed by atoms with Crippen LogP contribution in [0.1, 0.15) is 18.9 Å². The molecular formula is C20H23N3O3. The van der Waals surface area contributed by atoms with E-state index < -0.39 is 0 Å². The van der Waals surface area contributed by atoms with Crippen LogP contribution < -0.4 is 20.3 Å². The summed E-state index contributed by atoms with van der Waals surface area (Å²) in [4.78, 5) is 26.0. The van der Waals surface area contributed by atoms with Gasteiger partial charge in [-0.1, -0.05) is 31.2 Å². The van der Waals surface area contributed by atoms with Gasteiger partial charge >= 0.3 is 0 Å². The summed E-state index contributed by atoms with van der Waals surface area (Å²) in [5.74, 6) is 0.412. The molecule has 26 heavy (non-hydrogen) atoms. The molecule has 3 rings (SSSR count). The Labute approximate surface area is 153 Å². The van der Waals surface area contributed by atoms with Crippen molar-refractivity contribution in [1.82, 2.24) is 5.32 Å². The minimum absolute atomic E-state index is 0.00507. The van der Waals surface area contributed by atoms with Gasteiger partial charge in [-0.2, -0.15) is 0 Å². The quantitative estimate of drug-likeness (QED) is 0.803. The number of amides is 2. The fourth-order valence-corrected chi connectivity index (χ4v) is 2.86. The predicted octanol–water partition coefficient (Wildman–Crippen LogP) is 2.55. The van der Waals surface area contributed by atoms with Crippen molar-refractivity contribution in [3.8, 4) is 5.75 Å². The van der Waals surface area contributed by atoms with E-state index in [1.165, 1.54) is 0 Å². The molecule has 1 aliphatic heterocycles. The van der Waals surface area contributed by atoms with Gasteiger partial charge in [-0.05, 0) is 36.4 Å². The van der Waals surface area contributed by atoms with E-state index in [-0.39, 0.29) is 24.8 Å². The lowest BCUT2D eigenvalue weighted by Crippen LogP contribution is -2.40. The average Bonchev–Trinajstić information content (AvgIpc) is 2.66. The van der Waals surface area contributed by atoms with Crippen LogP contribution in [0, 0.1) is 0 Å². The third-order valence-corrected chi connectivity index (χ3v) is 4.16. The summed E-state index contributed by atoms with van der Waals surface area (Å²) in [6, 6.07) is 15.1. The molecule has 6 heteroatoms. The zero-order valence-corrected chi connectivity index (χ0v) is 14.8. The predicted molar refractivity (Wildman–Crippen MR) is 101 cm³/mol. The molecule has 2 N–H and O–H groups in total. The first-order valence-electron chi connectivity index (χ1n) is 8.79. The fraction of sp³-hybridized carbons (Fsp3) is 0.300. The van der Waals surface area contributed by atoms with Crippen molar-refractivity contribution in [2.24, 2.45) is 0 Å². The van der Waals surface area contributed by atoms with Crippen LogP contribution in [0.15, 0.2) is 48.5 Å². The van der Waals surface area contributed by atoms with Crippen LogP contribution >= 0.6 is 0 Å². The number of anilines is 2. The van der Waals surface area contributed by atoms with Gasteiger partial charge in [0.15, 0.2) is 6.61 Å². The third kappa shape index (κ3) is 4.40. The second-order valence-electron chi connectivity index (χ2n) is 6.08. The van der Waals surface area contributed by atoms with Crippen LogP contribution in [0.25, 0.3) is 0 Å². The molecule has 0 saturated carbocycles. The van der Waals surface area contributed by atoms with E-state index in [0.717, 1.165) is 24.3 Å². The zero-order valence-electron chi connectivity index (χ0n) is 14.8. The Morgan fingerprint density at radius 3 is 2.88 bits per heavy atom. The number of ether oxygens (including phenoxy) is 1. The van der Waals surface area contributed by atoms with Crippen LogP contribution in [0.3, 0.4) is 0 Å². The molecule has 136 valence electrons. The van der Waals surface area contributed by atoms with E-state index >= 15 is 0 Å². The van der Waals surface area contributed by atoms with Crippen molar-refractivity contribution in [2.45, 2.75) is 19.9 Å². The maximum absolute atomic E-state index is 12.3. The first kappa shape index (κ1) is 17.9. The molecule has 0 fully saturated rings. The van der Waals surface area contributed by atoms with Crippen LogP contribution in [0.5, 0.6) is 5.75 Å². The van der Waals surface area contributed by atoms with Crippen molar-refractivity contribution in [3.05, 3.63) is 54.1 Å². The number of nitrogens with zero attached hydrogens (tertiary/aromatic N) is 1. The standard InChI is InChI=1S/C20H23N3O3/c1-2-21-13-15-6-5-7-16(12-15)22-19(24)10-11-23-17-8-3-4-9-18(17)26-14-20(23)25/h3-9,12,21H,2,10-11,13-14H2,1H3,(H,22,24). The number of fused-ring (bicyclic) bond motifs is 1. The van der Waals surface area contributed by atoms with Gasteiger partial charge < -0.3 is 20.3 Å². The summed E-state index contributed by atoms with van der Waals surface area (Å²) in [5, 5.41) is 6.16. The number of nitrogens with one attached hydrogen (secondary N) is 2. The molecule has 2 amide bonds. The van der Waals surface area contributed by atoms with Crippen molar-refractivity contribution in [3.63, 3.8) is 0 Å². The summed E-state index contributed by atoms with van der Waals surface area (Å²) in [6.45, 7) is 4.04. The minimum Gasteiger partial charge on any atom is -0.482 e. The van der Waals surface area contributed by atoms with Gasteiger partial charge in [0.05, 0.1) is 5.69 Å². The number of para-hydroxylation sites is 2. The molecule has 0 spiro atoms. The lowest BCUT2D eigenvalue weighted by atomic mass is 10.2. The highest BCUT2D eigenvalue weighted by Crippen LogP contribution is 2.31. The van der Waals surface area contributed by atoms with Gasteiger partial charge in [-0.15, -0.1) is 0 Å². The Morgan fingerprint density at radius 2 is 2.04 bits per heavy atom.